The quantitative estimate of drug-likeness (QED) is 0.162. The number of hydrogen-bond acceptors (Lipinski definition) is 7. The second-order valence-electron chi connectivity index (χ2n) is 12.8. The van der Waals surface area contributed by atoms with Crippen molar-refractivity contribution in [2.24, 2.45) is 5.92 Å². The van der Waals surface area contributed by atoms with Gasteiger partial charge in [-0.25, -0.2) is 0 Å². The first-order valence-electron chi connectivity index (χ1n) is 15.9. The van der Waals surface area contributed by atoms with Crippen molar-refractivity contribution in [2.75, 3.05) is 23.9 Å². The number of ether oxygens (including phenoxy) is 2. The van der Waals surface area contributed by atoms with E-state index in [-0.39, 0.29) is 18.4 Å². The molecular formula is C35H40FN5O5Si. The van der Waals surface area contributed by atoms with Gasteiger partial charge < -0.3 is 28.9 Å². The van der Waals surface area contributed by atoms with Gasteiger partial charge in [0.2, 0.25) is 8.41 Å². The van der Waals surface area contributed by atoms with Crippen LogP contribution in [-0.4, -0.2) is 60.1 Å². The summed E-state index contributed by atoms with van der Waals surface area (Å²) in [7, 11) is -1.73. The first kappa shape index (κ1) is 32.5. The number of aliphatic hydroxyl groups excluding tert-OH is 1. The van der Waals surface area contributed by atoms with Crippen molar-refractivity contribution >= 4 is 31.6 Å². The average Bonchev–Trinajstić information content (AvgIpc) is 3.71. The van der Waals surface area contributed by atoms with E-state index in [1.54, 1.807) is 60.2 Å². The molecule has 12 heteroatoms. The molecule has 1 fully saturated rings. The lowest BCUT2D eigenvalue weighted by molar-refractivity contribution is -0.146. The lowest BCUT2D eigenvalue weighted by Crippen LogP contribution is -2.45. The standard InChI is InChI=1S/C35H40FN5O5Si/c1-23-32(47(3,4)36)31(17-19-40-22-27(18-20-42)38-39-40)46-35(23)29-7-5-6-8-30(29)41(34(35)44)21-24-9-13-26(14-10-24)37-33(43)25-11-15-28(45-2)16-12-25/h5-16,22-23,31-32,42H,17-21H2,1-4H3,(H,37,43)/t23-,31+,32-,35+/m1/s1. The van der Waals surface area contributed by atoms with Crippen molar-refractivity contribution in [1.82, 2.24) is 15.0 Å². The van der Waals surface area contributed by atoms with Crippen molar-refractivity contribution in [3.63, 3.8) is 0 Å². The van der Waals surface area contributed by atoms with Crippen LogP contribution in [0.25, 0.3) is 0 Å². The molecule has 4 aromatic rings. The molecule has 47 heavy (non-hydrogen) atoms. The number of nitrogens with zero attached hydrogens (tertiary/aromatic N) is 4. The molecule has 0 unspecified atom stereocenters. The van der Waals surface area contributed by atoms with Gasteiger partial charge in [-0.3, -0.25) is 14.3 Å². The molecule has 1 spiro atoms. The number of carbonyl (C=O) groups is 2. The van der Waals surface area contributed by atoms with Crippen LogP contribution in [0, 0.1) is 5.92 Å². The third-order valence-electron chi connectivity index (χ3n) is 9.37. The topological polar surface area (TPSA) is 119 Å². The maximum atomic E-state index is 16.1. The van der Waals surface area contributed by atoms with Crippen LogP contribution in [0.1, 0.15) is 40.5 Å². The fourth-order valence-corrected chi connectivity index (χ4v) is 9.73. The highest BCUT2D eigenvalue weighted by atomic mass is 28.4. The molecule has 2 amide bonds. The summed E-state index contributed by atoms with van der Waals surface area (Å²) in [5.41, 5.74) is 2.48. The smallest absolute Gasteiger partial charge is 0.264 e. The SMILES string of the molecule is COc1ccc(C(=O)Nc2ccc(CN3C(=O)[C@@]4(O[C@@H](CCn5cc(CCO)nn5)[C@H]([Si](C)(C)F)[C@H]4C)c4ccccc43)cc2)cc1. The van der Waals surface area contributed by atoms with Crippen LogP contribution in [0.4, 0.5) is 15.5 Å². The molecule has 246 valence electrons. The number of nitrogens with one attached hydrogen (secondary N) is 1. The van der Waals surface area contributed by atoms with E-state index >= 15 is 4.11 Å². The van der Waals surface area contributed by atoms with E-state index in [0.29, 0.717) is 48.6 Å². The van der Waals surface area contributed by atoms with Crippen molar-refractivity contribution < 1.29 is 28.3 Å². The number of aliphatic hydroxyl groups is 1. The first-order chi connectivity index (χ1) is 22.5. The normalized spacial score (nSPS) is 22.1. The lowest BCUT2D eigenvalue weighted by Gasteiger charge is -2.31. The Balaban J connectivity index is 1.22. The number of anilines is 2. The molecule has 3 heterocycles. The summed E-state index contributed by atoms with van der Waals surface area (Å²) >= 11 is 0. The van der Waals surface area contributed by atoms with E-state index in [1.807, 2.05) is 55.5 Å². The number of hydrogen-bond donors (Lipinski definition) is 2. The van der Waals surface area contributed by atoms with Crippen LogP contribution < -0.4 is 15.0 Å². The van der Waals surface area contributed by atoms with Crippen molar-refractivity contribution in [2.45, 2.75) is 63.2 Å². The fraction of sp³-hybridized carbons (Fsp3) is 0.371. The maximum absolute atomic E-state index is 16.1. The predicted molar refractivity (Wildman–Crippen MR) is 179 cm³/mol. The number of para-hydroxylation sites is 1. The number of benzene rings is 3. The average molecular weight is 658 g/mol. The van der Waals surface area contributed by atoms with E-state index < -0.39 is 31.6 Å². The Labute approximate surface area is 274 Å². The second-order valence-corrected chi connectivity index (χ2v) is 16.6. The predicted octanol–water partition coefficient (Wildman–Crippen LogP) is 5.49. The van der Waals surface area contributed by atoms with Crippen LogP contribution in [0.5, 0.6) is 5.75 Å². The Morgan fingerprint density at radius 1 is 1.11 bits per heavy atom. The number of amides is 2. The Morgan fingerprint density at radius 3 is 2.51 bits per heavy atom. The Hall–Kier alpha value is -4.39. The number of rotatable bonds is 11. The third-order valence-corrected chi connectivity index (χ3v) is 11.8. The highest BCUT2D eigenvalue weighted by Gasteiger charge is 2.66. The minimum absolute atomic E-state index is 0.0164. The Morgan fingerprint density at radius 2 is 1.83 bits per heavy atom. The van der Waals surface area contributed by atoms with Crippen LogP contribution in [0.3, 0.4) is 0 Å². The Kier molecular flexibility index (Phi) is 9.01. The number of methoxy groups -OCH3 is 1. The molecule has 2 aliphatic heterocycles. The number of aryl methyl sites for hydroxylation is 1. The van der Waals surface area contributed by atoms with Gasteiger partial charge in [0, 0.05) is 54.0 Å². The molecule has 3 aromatic carbocycles. The monoisotopic (exact) mass is 657 g/mol. The van der Waals surface area contributed by atoms with Crippen LogP contribution >= 0.6 is 0 Å². The summed E-state index contributed by atoms with van der Waals surface area (Å²) < 4.78 is 29.8. The number of carbonyl (C=O) groups excluding carboxylic acids is 2. The van der Waals surface area contributed by atoms with Crippen LogP contribution in [-0.2, 0) is 34.6 Å². The van der Waals surface area contributed by atoms with Crippen molar-refractivity contribution in [1.29, 1.82) is 0 Å². The number of fused-ring (bicyclic) bond motifs is 2. The highest BCUT2D eigenvalue weighted by molar-refractivity contribution is 6.72. The molecular weight excluding hydrogens is 617 g/mol. The number of aromatic nitrogens is 3. The van der Waals surface area contributed by atoms with E-state index in [4.69, 9.17) is 9.47 Å². The summed E-state index contributed by atoms with van der Waals surface area (Å²) in [6, 6.07) is 21.9. The lowest BCUT2D eigenvalue weighted by atomic mass is 9.82. The van der Waals surface area contributed by atoms with E-state index in [2.05, 4.69) is 15.6 Å². The molecule has 1 aromatic heterocycles. The molecule has 6 rings (SSSR count). The van der Waals surface area contributed by atoms with Gasteiger partial charge in [-0.05, 0) is 67.5 Å². The second kappa shape index (κ2) is 13.0. The summed E-state index contributed by atoms with van der Waals surface area (Å²) in [5, 5.41) is 20.4. The van der Waals surface area contributed by atoms with Gasteiger partial charge in [-0.2, -0.15) is 0 Å². The minimum atomic E-state index is -3.30. The number of halogens is 1. The van der Waals surface area contributed by atoms with Crippen LogP contribution in [0.2, 0.25) is 18.6 Å². The molecule has 10 nitrogen and oxygen atoms in total. The Bertz CT molecular complexity index is 1740. The van der Waals surface area contributed by atoms with E-state index in [0.717, 1.165) is 16.8 Å². The van der Waals surface area contributed by atoms with Crippen LogP contribution in [0.15, 0.2) is 79.0 Å². The van der Waals surface area contributed by atoms with Crippen molar-refractivity contribution in [3.05, 3.63) is 101 Å². The summed E-state index contributed by atoms with van der Waals surface area (Å²) in [4.78, 5) is 29.0. The molecule has 0 bridgehead atoms. The highest BCUT2D eigenvalue weighted by Crippen LogP contribution is 2.60. The van der Waals surface area contributed by atoms with Gasteiger partial charge in [0.25, 0.3) is 11.8 Å². The minimum Gasteiger partial charge on any atom is -0.497 e. The third kappa shape index (κ3) is 6.20. The summed E-state index contributed by atoms with van der Waals surface area (Å²) in [6.07, 6.45) is 2.17. The summed E-state index contributed by atoms with van der Waals surface area (Å²) in [5.74, 6) is -0.157. The molecule has 0 saturated carbocycles. The zero-order valence-corrected chi connectivity index (χ0v) is 28.0. The zero-order chi connectivity index (χ0) is 33.3. The fourth-order valence-electron chi connectivity index (χ4n) is 7.19. The van der Waals surface area contributed by atoms with Gasteiger partial charge in [-0.1, -0.05) is 42.5 Å². The van der Waals surface area contributed by atoms with E-state index in [9.17, 15) is 14.7 Å². The maximum Gasteiger partial charge on any atom is 0.264 e. The molecule has 0 radical (unpaired) electrons. The van der Waals surface area contributed by atoms with E-state index in [1.165, 1.54) is 0 Å². The first-order valence-corrected chi connectivity index (χ1v) is 18.8. The molecule has 4 atom stereocenters. The molecule has 2 N–H and O–H groups in total. The van der Waals surface area contributed by atoms with Gasteiger partial charge >= 0.3 is 0 Å². The molecule has 0 aliphatic carbocycles. The van der Waals surface area contributed by atoms with Gasteiger partial charge in [0.1, 0.15) is 5.75 Å². The zero-order valence-electron chi connectivity index (χ0n) is 27.0. The molecule has 1 saturated heterocycles. The van der Waals surface area contributed by atoms with Crippen molar-refractivity contribution in [3.8, 4) is 5.75 Å². The summed E-state index contributed by atoms with van der Waals surface area (Å²) in [6.45, 7) is 6.06. The van der Waals surface area contributed by atoms with Gasteiger partial charge in [0.15, 0.2) is 5.60 Å². The molecule has 2 aliphatic rings. The van der Waals surface area contributed by atoms with Gasteiger partial charge in [-0.15, -0.1) is 5.10 Å². The largest absolute Gasteiger partial charge is 0.497 e. The van der Waals surface area contributed by atoms with Gasteiger partial charge in [0.05, 0.1) is 31.1 Å².